The van der Waals surface area contributed by atoms with Crippen LogP contribution in [0.4, 0.5) is 0 Å². The summed E-state index contributed by atoms with van der Waals surface area (Å²) in [5, 5.41) is 7.39. The van der Waals surface area contributed by atoms with E-state index in [2.05, 4.69) is 46.6 Å². The maximum atomic E-state index is 5.44. The Hall–Kier alpha value is -1.72. The van der Waals surface area contributed by atoms with Gasteiger partial charge in [-0.1, -0.05) is 36.3 Å². The Morgan fingerprint density at radius 1 is 1.40 bits per heavy atom. The van der Waals surface area contributed by atoms with E-state index in [1.165, 1.54) is 11.1 Å². The van der Waals surface area contributed by atoms with Crippen LogP contribution in [0.15, 0.2) is 28.8 Å². The Morgan fingerprint density at radius 2 is 2.30 bits per heavy atom. The van der Waals surface area contributed by atoms with E-state index < -0.39 is 0 Å². The fraction of sp³-hybridized carbons (Fsp3) is 0.467. The highest BCUT2D eigenvalue weighted by molar-refractivity contribution is 5.35. The van der Waals surface area contributed by atoms with Gasteiger partial charge in [-0.15, -0.1) is 0 Å². The summed E-state index contributed by atoms with van der Waals surface area (Å²) < 4.78 is 10.8. The summed E-state index contributed by atoms with van der Waals surface area (Å²) in [6.07, 6.45) is 0.991. The molecular formula is C15H19N3O2. The number of aromatic nitrogens is 2. The summed E-state index contributed by atoms with van der Waals surface area (Å²) in [6, 6.07) is 8.38. The van der Waals surface area contributed by atoms with Crippen LogP contribution in [-0.2, 0) is 17.9 Å². The molecular weight excluding hydrogens is 254 g/mol. The Morgan fingerprint density at radius 3 is 3.20 bits per heavy atom. The molecule has 1 atom stereocenters. The normalized spacial score (nSPS) is 17.9. The highest BCUT2D eigenvalue weighted by Gasteiger charge is 2.26. The van der Waals surface area contributed by atoms with Crippen molar-refractivity contribution in [3.05, 3.63) is 47.1 Å². The third kappa shape index (κ3) is 2.73. The Labute approximate surface area is 118 Å². The molecule has 1 aliphatic rings. The van der Waals surface area contributed by atoms with Crippen molar-refractivity contribution in [2.24, 2.45) is 0 Å². The van der Waals surface area contributed by atoms with Gasteiger partial charge in [-0.25, -0.2) is 0 Å². The molecule has 1 unspecified atom stereocenters. The second-order valence-electron chi connectivity index (χ2n) is 4.98. The molecule has 5 heteroatoms. The van der Waals surface area contributed by atoms with Crippen LogP contribution < -0.4 is 5.32 Å². The molecule has 0 fully saturated rings. The zero-order valence-electron chi connectivity index (χ0n) is 11.6. The SMILES string of the molecule is CCCOCc1noc(C2CNCc3ccccc32)n1. The van der Waals surface area contributed by atoms with Gasteiger partial charge in [-0.05, 0) is 17.5 Å². The number of nitrogens with one attached hydrogen (secondary N) is 1. The van der Waals surface area contributed by atoms with Gasteiger partial charge in [0.25, 0.3) is 0 Å². The van der Waals surface area contributed by atoms with E-state index >= 15 is 0 Å². The van der Waals surface area contributed by atoms with E-state index in [4.69, 9.17) is 9.26 Å². The van der Waals surface area contributed by atoms with Crippen LogP contribution in [0, 0.1) is 0 Å². The van der Waals surface area contributed by atoms with Gasteiger partial charge in [0.2, 0.25) is 5.89 Å². The highest BCUT2D eigenvalue weighted by atomic mass is 16.5. The predicted molar refractivity (Wildman–Crippen MR) is 74.2 cm³/mol. The first-order valence-electron chi connectivity index (χ1n) is 7.07. The second kappa shape index (κ2) is 6.15. The molecule has 20 heavy (non-hydrogen) atoms. The summed E-state index contributed by atoms with van der Waals surface area (Å²) in [5.41, 5.74) is 2.57. The summed E-state index contributed by atoms with van der Waals surface area (Å²) in [4.78, 5) is 4.46. The molecule has 0 radical (unpaired) electrons. The van der Waals surface area contributed by atoms with Crippen molar-refractivity contribution >= 4 is 0 Å². The van der Waals surface area contributed by atoms with E-state index in [0.29, 0.717) is 18.3 Å². The second-order valence-corrected chi connectivity index (χ2v) is 4.98. The molecule has 0 saturated carbocycles. The minimum atomic E-state index is 0.132. The highest BCUT2D eigenvalue weighted by Crippen LogP contribution is 2.28. The molecule has 5 nitrogen and oxygen atoms in total. The van der Waals surface area contributed by atoms with Gasteiger partial charge in [-0.3, -0.25) is 0 Å². The molecule has 2 heterocycles. The lowest BCUT2D eigenvalue weighted by molar-refractivity contribution is 0.114. The van der Waals surface area contributed by atoms with Gasteiger partial charge in [-0.2, -0.15) is 4.98 Å². The third-order valence-corrected chi connectivity index (χ3v) is 3.46. The fourth-order valence-corrected chi connectivity index (χ4v) is 2.49. The molecule has 0 saturated heterocycles. The maximum Gasteiger partial charge on any atom is 0.235 e. The zero-order chi connectivity index (χ0) is 13.8. The van der Waals surface area contributed by atoms with Crippen molar-refractivity contribution in [1.82, 2.24) is 15.5 Å². The number of rotatable bonds is 5. The van der Waals surface area contributed by atoms with E-state index in [1.54, 1.807) is 0 Å². The van der Waals surface area contributed by atoms with Crippen LogP contribution in [-0.4, -0.2) is 23.3 Å². The van der Waals surface area contributed by atoms with Crippen LogP contribution in [0.5, 0.6) is 0 Å². The number of nitrogens with zero attached hydrogens (tertiary/aromatic N) is 2. The first kappa shape index (κ1) is 13.3. The lowest BCUT2D eigenvalue weighted by Gasteiger charge is -2.23. The molecule has 0 bridgehead atoms. The summed E-state index contributed by atoms with van der Waals surface area (Å²) >= 11 is 0. The lowest BCUT2D eigenvalue weighted by Crippen LogP contribution is -2.28. The van der Waals surface area contributed by atoms with Gasteiger partial charge in [0.1, 0.15) is 6.61 Å². The molecule has 2 aromatic rings. The first-order valence-corrected chi connectivity index (χ1v) is 7.07. The standard InChI is InChI=1S/C15H19N3O2/c1-2-7-19-10-14-17-15(20-18-14)13-9-16-8-11-5-3-4-6-12(11)13/h3-6,13,16H,2,7-10H2,1H3. The largest absolute Gasteiger partial charge is 0.373 e. The van der Waals surface area contributed by atoms with Crippen molar-refractivity contribution in [2.75, 3.05) is 13.2 Å². The minimum Gasteiger partial charge on any atom is -0.373 e. The third-order valence-electron chi connectivity index (χ3n) is 3.46. The molecule has 1 aliphatic heterocycles. The van der Waals surface area contributed by atoms with E-state index in [-0.39, 0.29) is 5.92 Å². The number of hydrogen-bond donors (Lipinski definition) is 1. The zero-order valence-corrected chi connectivity index (χ0v) is 11.6. The average molecular weight is 273 g/mol. The molecule has 3 rings (SSSR count). The van der Waals surface area contributed by atoms with Gasteiger partial charge >= 0.3 is 0 Å². The molecule has 0 spiro atoms. The van der Waals surface area contributed by atoms with Gasteiger partial charge < -0.3 is 14.6 Å². The first-order chi connectivity index (χ1) is 9.88. The summed E-state index contributed by atoms with van der Waals surface area (Å²) in [7, 11) is 0. The van der Waals surface area contributed by atoms with Crippen molar-refractivity contribution in [3.8, 4) is 0 Å². The molecule has 1 aromatic carbocycles. The number of hydrogen-bond acceptors (Lipinski definition) is 5. The topological polar surface area (TPSA) is 60.2 Å². The van der Waals surface area contributed by atoms with Crippen LogP contribution in [0.25, 0.3) is 0 Å². The Bertz CT molecular complexity index is 568. The Kier molecular flexibility index (Phi) is 4.08. The maximum absolute atomic E-state index is 5.44. The molecule has 0 amide bonds. The van der Waals surface area contributed by atoms with Crippen LogP contribution in [0.3, 0.4) is 0 Å². The smallest absolute Gasteiger partial charge is 0.235 e. The van der Waals surface area contributed by atoms with Gasteiger partial charge in [0.05, 0.1) is 5.92 Å². The predicted octanol–water partition coefficient (Wildman–Crippen LogP) is 2.23. The van der Waals surface area contributed by atoms with Crippen LogP contribution >= 0.6 is 0 Å². The quantitative estimate of drug-likeness (QED) is 0.846. The Balaban J connectivity index is 1.77. The van der Waals surface area contributed by atoms with Crippen molar-refractivity contribution in [1.29, 1.82) is 0 Å². The van der Waals surface area contributed by atoms with Gasteiger partial charge in [0, 0.05) is 19.7 Å². The molecule has 1 aromatic heterocycles. The monoisotopic (exact) mass is 273 g/mol. The van der Waals surface area contributed by atoms with Crippen LogP contribution in [0.2, 0.25) is 0 Å². The van der Waals surface area contributed by atoms with E-state index in [0.717, 1.165) is 26.1 Å². The van der Waals surface area contributed by atoms with Crippen molar-refractivity contribution < 1.29 is 9.26 Å². The van der Waals surface area contributed by atoms with Gasteiger partial charge in [0.15, 0.2) is 5.82 Å². The molecule has 1 N–H and O–H groups in total. The number of benzene rings is 1. The molecule has 106 valence electrons. The lowest BCUT2D eigenvalue weighted by atomic mass is 9.91. The summed E-state index contributed by atoms with van der Waals surface area (Å²) in [6.45, 7) is 4.94. The van der Waals surface area contributed by atoms with Crippen molar-refractivity contribution in [2.45, 2.75) is 32.4 Å². The molecule has 0 aliphatic carbocycles. The minimum absolute atomic E-state index is 0.132. The van der Waals surface area contributed by atoms with Crippen molar-refractivity contribution in [3.63, 3.8) is 0 Å². The number of fused-ring (bicyclic) bond motifs is 1. The summed E-state index contributed by atoms with van der Waals surface area (Å²) in [5.74, 6) is 1.42. The van der Waals surface area contributed by atoms with E-state index in [1.807, 2.05) is 0 Å². The van der Waals surface area contributed by atoms with Crippen LogP contribution in [0.1, 0.15) is 42.1 Å². The van der Waals surface area contributed by atoms with E-state index in [9.17, 15) is 0 Å². The fourth-order valence-electron chi connectivity index (χ4n) is 2.49. The number of ether oxygens (including phenoxy) is 1. The average Bonchev–Trinajstić information content (AvgIpc) is 2.96.